The molecule has 0 amide bonds. The van der Waals surface area contributed by atoms with Crippen LogP contribution in [0, 0.1) is 34.8 Å². The number of non-ortho nitro benzene ring substituents is 1. The Bertz CT molecular complexity index is 481. The van der Waals surface area contributed by atoms with Crippen molar-refractivity contribution in [2.75, 3.05) is 11.9 Å². The molecule has 0 spiro atoms. The maximum atomic E-state index is 10.7. The van der Waals surface area contributed by atoms with Crippen LogP contribution < -0.4 is 5.32 Å². The Hall–Kier alpha value is -1.58. The number of rotatable bonds is 6. The van der Waals surface area contributed by atoms with E-state index >= 15 is 0 Å². The van der Waals surface area contributed by atoms with Crippen molar-refractivity contribution in [1.29, 1.82) is 0 Å². The molecule has 0 aromatic heterocycles. The van der Waals surface area contributed by atoms with Crippen LogP contribution in [0.5, 0.6) is 0 Å². The van der Waals surface area contributed by atoms with Gasteiger partial charge in [-0.3, -0.25) is 10.1 Å². The van der Waals surface area contributed by atoms with Crippen LogP contribution in [0.2, 0.25) is 0 Å². The highest BCUT2D eigenvalue weighted by atomic mass is 16.6. The van der Waals surface area contributed by atoms with Crippen LogP contribution in [0.3, 0.4) is 0 Å². The summed E-state index contributed by atoms with van der Waals surface area (Å²) in [5, 5.41) is 14.2. The quantitative estimate of drug-likeness (QED) is 0.626. The predicted molar refractivity (Wildman–Crippen MR) is 75.3 cm³/mol. The highest BCUT2D eigenvalue weighted by molar-refractivity contribution is 5.55. The molecule has 4 heteroatoms. The highest BCUT2D eigenvalue weighted by Gasteiger charge is 2.40. The molecule has 1 aromatic rings. The molecule has 2 fully saturated rings. The molecule has 19 heavy (non-hydrogen) atoms. The van der Waals surface area contributed by atoms with Gasteiger partial charge in [-0.2, -0.15) is 0 Å². The molecule has 2 aliphatic carbocycles. The van der Waals surface area contributed by atoms with E-state index in [-0.39, 0.29) is 10.6 Å². The van der Waals surface area contributed by atoms with Crippen LogP contribution in [-0.2, 0) is 0 Å². The van der Waals surface area contributed by atoms with Crippen molar-refractivity contribution in [2.24, 2.45) is 17.8 Å². The second-order valence-electron chi connectivity index (χ2n) is 5.98. The average Bonchev–Trinajstić information content (AvgIpc) is 3.25. The molecule has 2 saturated carbocycles. The predicted octanol–water partition coefficient (Wildman–Crippen LogP) is 3.75. The third kappa shape index (κ3) is 2.88. The Morgan fingerprint density at radius 1 is 1.32 bits per heavy atom. The first kappa shape index (κ1) is 12.5. The van der Waals surface area contributed by atoms with Gasteiger partial charge in [0.15, 0.2) is 0 Å². The fourth-order valence-electron chi connectivity index (χ4n) is 2.95. The molecule has 0 aliphatic heterocycles. The fraction of sp³-hybridized carbons (Fsp3) is 0.600. The monoisotopic (exact) mass is 260 g/mol. The molecule has 0 heterocycles. The first-order valence-electron chi connectivity index (χ1n) is 7.14. The lowest BCUT2D eigenvalue weighted by Gasteiger charge is -2.18. The normalized spacial score (nSPS) is 18.6. The molecule has 2 aliphatic rings. The number of nitrogens with zero attached hydrogens (tertiary/aromatic N) is 1. The van der Waals surface area contributed by atoms with E-state index in [0.717, 1.165) is 35.5 Å². The number of nitro benzene ring substituents is 1. The third-order valence-electron chi connectivity index (χ3n) is 4.40. The summed E-state index contributed by atoms with van der Waals surface area (Å²) in [6.07, 6.45) is 5.56. The van der Waals surface area contributed by atoms with Crippen molar-refractivity contribution in [3.8, 4) is 0 Å². The Morgan fingerprint density at radius 3 is 2.42 bits per heavy atom. The molecule has 0 radical (unpaired) electrons. The summed E-state index contributed by atoms with van der Waals surface area (Å²) in [7, 11) is 0. The smallest absolute Gasteiger partial charge is 0.269 e. The number of aryl methyl sites for hydroxylation is 1. The SMILES string of the molecule is Cc1cc([N+](=O)[O-])ccc1NCC(C1CC1)C1CC1. The lowest BCUT2D eigenvalue weighted by molar-refractivity contribution is -0.384. The molecule has 0 saturated heterocycles. The summed E-state index contributed by atoms with van der Waals surface area (Å²) in [5.41, 5.74) is 2.17. The molecule has 0 atom stereocenters. The lowest BCUT2D eigenvalue weighted by Crippen LogP contribution is -2.18. The molecule has 1 N–H and O–H groups in total. The summed E-state index contributed by atoms with van der Waals surface area (Å²) in [5.74, 6) is 2.67. The van der Waals surface area contributed by atoms with Gasteiger partial charge in [-0.15, -0.1) is 0 Å². The van der Waals surface area contributed by atoms with Crippen molar-refractivity contribution in [2.45, 2.75) is 32.6 Å². The molecule has 1 aromatic carbocycles. The lowest BCUT2D eigenvalue weighted by atomic mass is 9.97. The Kier molecular flexibility index (Phi) is 3.17. The van der Waals surface area contributed by atoms with E-state index in [0.29, 0.717) is 0 Å². The van der Waals surface area contributed by atoms with Gasteiger partial charge in [0.2, 0.25) is 0 Å². The molecule has 0 bridgehead atoms. The zero-order valence-electron chi connectivity index (χ0n) is 11.3. The van der Waals surface area contributed by atoms with Crippen LogP contribution in [-0.4, -0.2) is 11.5 Å². The minimum absolute atomic E-state index is 0.170. The van der Waals surface area contributed by atoms with Crippen molar-refractivity contribution in [3.05, 3.63) is 33.9 Å². The maximum absolute atomic E-state index is 10.7. The number of nitro groups is 1. The van der Waals surface area contributed by atoms with E-state index in [1.165, 1.54) is 25.7 Å². The average molecular weight is 260 g/mol. The van der Waals surface area contributed by atoms with Gasteiger partial charge in [-0.25, -0.2) is 0 Å². The molecule has 0 unspecified atom stereocenters. The van der Waals surface area contributed by atoms with Gasteiger partial charge >= 0.3 is 0 Å². The number of hydrogen-bond acceptors (Lipinski definition) is 3. The zero-order valence-corrected chi connectivity index (χ0v) is 11.3. The van der Waals surface area contributed by atoms with Gasteiger partial charge in [-0.1, -0.05) is 0 Å². The summed E-state index contributed by atoms with van der Waals surface area (Å²) in [6.45, 7) is 2.95. The van der Waals surface area contributed by atoms with E-state index in [4.69, 9.17) is 0 Å². The second-order valence-corrected chi connectivity index (χ2v) is 5.98. The number of anilines is 1. The Morgan fingerprint density at radius 2 is 1.95 bits per heavy atom. The molecule has 102 valence electrons. The summed E-state index contributed by atoms with van der Waals surface area (Å²) >= 11 is 0. The van der Waals surface area contributed by atoms with Gasteiger partial charge in [0.25, 0.3) is 5.69 Å². The van der Waals surface area contributed by atoms with Crippen LogP contribution >= 0.6 is 0 Å². The van der Waals surface area contributed by atoms with E-state index in [9.17, 15) is 10.1 Å². The standard InChI is InChI=1S/C15H20N2O2/c1-10-8-13(17(18)19)6-7-15(10)16-9-14(11-2-3-11)12-4-5-12/h6-8,11-12,14,16H,2-5,9H2,1H3. The molecule has 3 rings (SSSR count). The van der Waals surface area contributed by atoms with Gasteiger partial charge in [0.1, 0.15) is 0 Å². The Labute approximate surface area is 113 Å². The minimum Gasteiger partial charge on any atom is -0.385 e. The van der Waals surface area contributed by atoms with Crippen molar-refractivity contribution < 1.29 is 4.92 Å². The van der Waals surface area contributed by atoms with Crippen LogP contribution in [0.15, 0.2) is 18.2 Å². The van der Waals surface area contributed by atoms with E-state index in [2.05, 4.69) is 5.32 Å². The van der Waals surface area contributed by atoms with Crippen molar-refractivity contribution in [1.82, 2.24) is 0 Å². The van der Waals surface area contributed by atoms with Gasteiger partial charge in [0.05, 0.1) is 4.92 Å². The maximum Gasteiger partial charge on any atom is 0.269 e. The topological polar surface area (TPSA) is 55.2 Å². The number of nitrogens with one attached hydrogen (secondary N) is 1. The third-order valence-corrected chi connectivity index (χ3v) is 4.40. The van der Waals surface area contributed by atoms with Crippen LogP contribution in [0.4, 0.5) is 11.4 Å². The number of hydrogen-bond donors (Lipinski definition) is 1. The largest absolute Gasteiger partial charge is 0.385 e. The molecule has 4 nitrogen and oxygen atoms in total. The van der Waals surface area contributed by atoms with Gasteiger partial charge in [-0.05, 0) is 62.0 Å². The zero-order chi connectivity index (χ0) is 13.4. The molecular formula is C15H20N2O2. The van der Waals surface area contributed by atoms with Crippen LogP contribution in [0.1, 0.15) is 31.2 Å². The highest BCUT2D eigenvalue weighted by Crippen LogP contribution is 2.49. The first-order valence-corrected chi connectivity index (χ1v) is 7.14. The van der Waals surface area contributed by atoms with E-state index < -0.39 is 0 Å². The van der Waals surface area contributed by atoms with E-state index in [1.807, 2.05) is 13.0 Å². The Balaban J connectivity index is 1.64. The van der Waals surface area contributed by atoms with E-state index in [1.54, 1.807) is 12.1 Å². The summed E-state index contributed by atoms with van der Waals surface area (Å²) in [6, 6.07) is 5.06. The van der Waals surface area contributed by atoms with Gasteiger partial charge < -0.3 is 5.32 Å². The number of benzene rings is 1. The minimum atomic E-state index is -0.339. The second kappa shape index (κ2) is 4.83. The van der Waals surface area contributed by atoms with Gasteiger partial charge in [0, 0.05) is 24.4 Å². The summed E-state index contributed by atoms with van der Waals surface area (Å²) < 4.78 is 0. The van der Waals surface area contributed by atoms with Crippen molar-refractivity contribution >= 4 is 11.4 Å². The fourth-order valence-corrected chi connectivity index (χ4v) is 2.95. The van der Waals surface area contributed by atoms with Crippen LogP contribution in [0.25, 0.3) is 0 Å². The first-order chi connectivity index (χ1) is 9.15. The van der Waals surface area contributed by atoms with Crippen molar-refractivity contribution in [3.63, 3.8) is 0 Å². The molecular weight excluding hydrogens is 240 g/mol. The summed E-state index contributed by atoms with van der Waals surface area (Å²) in [4.78, 5) is 10.4.